The van der Waals surface area contributed by atoms with Crippen LogP contribution >= 0.6 is 15.9 Å². The number of halogens is 1. The normalized spacial score (nSPS) is 25.4. The Hall–Kier alpha value is -1.07. The summed E-state index contributed by atoms with van der Waals surface area (Å²) >= 11 is 3.35. The van der Waals surface area contributed by atoms with Crippen molar-refractivity contribution in [3.63, 3.8) is 0 Å². The fraction of sp³-hybridized carbons (Fsp3) is 0.533. The Morgan fingerprint density at radius 2 is 2.05 bits per heavy atom. The molecule has 1 aliphatic rings. The quantitative estimate of drug-likeness (QED) is 0.884. The average molecular weight is 342 g/mol. The molecule has 1 aromatic carbocycles. The second kappa shape index (κ2) is 5.74. The predicted molar refractivity (Wildman–Crippen MR) is 80.6 cm³/mol. The Labute approximate surface area is 127 Å². The van der Waals surface area contributed by atoms with Crippen molar-refractivity contribution >= 4 is 21.8 Å². The van der Waals surface area contributed by atoms with Gasteiger partial charge in [-0.15, -0.1) is 0 Å². The Morgan fingerprint density at radius 3 is 2.55 bits per heavy atom. The zero-order chi connectivity index (χ0) is 14.9. The highest BCUT2D eigenvalue weighted by Crippen LogP contribution is 2.40. The number of ether oxygens (including phenoxy) is 1. The van der Waals surface area contributed by atoms with Crippen LogP contribution < -0.4 is 10.1 Å². The maximum atomic E-state index is 12.1. The van der Waals surface area contributed by atoms with Crippen LogP contribution in [0.5, 0.6) is 5.75 Å². The molecule has 3 unspecified atom stereocenters. The van der Waals surface area contributed by atoms with E-state index >= 15 is 0 Å². The van der Waals surface area contributed by atoms with Gasteiger partial charge in [0.25, 0.3) is 5.91 Å². The summed E-state index contributed by atoms with van der Waals surface area (Å²) in [6, 6.07) is 7.35. The summed E-state index contributed by atoms with van der Waals surface area (Å²) in [5.74, 6) is 0.502. The van der Waals surface area contributed by atoms with Crippen LogP contribution in [0.2, 0.25) is 0 Å². The minimum absolute atomic E-state index is 0.000896. The lowest BCUT2D eigenvalue weighted by Gasteiger charge is -2.49. The first-order valence-corrected chi connectivity index (χ1v) is 7.50. The zero-order valence-electron chi connectivity index (χ0n) is 11.9. The van der Waals surface area contributed by atoms with Crippen molar-refractivity contribution in [1.29, 1.82) is 0 Å². The summed E-state index contributed by atoms with van der Waals surface area (Å²) in [4.78, 5) is 12.1. The van der Waals surface area contributed by atoms with Gasteiger partial charge >= 0.3 is 0 Å². The molecule has 4 nitrogen and oxygen atoms in total. The van der Waals surface area contributed by atoms with Gasteiger partial charge in [-0.3, -0.25) is 4.79 Å². The number of benzene rings is 1. The van der Waals surface area contributed by atoms with Gasteiger partial charge in [0.1, 0.15) is 5.75 Å². The van der Waals surface area contributed by atoms with Crippen molar-refractivity contribution in [2.24, 2.45) is 5.41 Å². The van der Waals surface area contributed by atoms with E-state index in [0.717, 1.165) is 4.47 Å². The van der Waals surface area contributed by atoms with Crippen LogP contribution in [0, 0.1) is 5.41 Å². The highest BCUT2D eigenvalue weighted by Gasteiger charge is 2.48. The van der Waals surface area contributed by atoms with Gasteiger partial charge in [-0.1, -0.05) is 29.8 Å². The van der Waals surface area contributed by atoms with Crippen molar-refractivity contribution in [1.82, 2.24) is 5.32 Å². The van der Waals surface area contributed by atoms with E-state index in [2.05, 4.69) is 21.2 Å². The third-order valence-electron chi connectivity index (χ3n) is 4.03. The Morgan fingerprint density at radius 1 is 1.45 bits per heavy atom. The number of hydrogen-bond donors (Lipinski definition) is 2. The molecule has 1 saturated carbocycles. The zero-order valence-corrected chi connectivity index (χ0v) is 13.5. The first-order valence-electron chi connectivity index (χ1n) is 6.71. The van der Waals surface area contributed by atoms with Gasteiger partial charge in [0.05, 0.1) is 6.10 Å². The summed E-state index contributed by atoms with van der Waals surface area (Å²) in [6.07, 6.45) is -0.316. The van der Waals surface area contributed by atoms with Crippen molar-refractivity contribution in [3.05, 3.63) is 28.7 Å². The van der Waals surface area contributed by atoms with E-state index in [-0.39, 0.29) is 23.5 Å². The highest BCUT2D eigenvalue weighted by molar-refractivity contribution is 9.10. The van der Waals surface area contributed by atoms with Crippen LogP contribution in [-0.4, -0.2) is 29.3 Å². The van der Waals surface area contributed by atoms with Crippen LogP contribution in [0.3, 0.4) is 0 Å². The van der Waals surface area contributed by atoms with E-state index < -0.39 is 6.10 Å². The number of nitrogens with one attached hydrogen (secondary N) is 1. The summed E-state index contributed by atoms with van der Waals surface area (Å²) in [6.45, 7) is 5.62. The van der Waals surface area contributed by atoms with Gasteiger partial charge in [-0.25, -0.2) is 0 Å². The van der Waals surface area contributed by atoms with Crippen molar-refractivity contribution in [3.8, 4) is 5.75 Å². The second-order valence-electron chi connectivity index (χ2n) is 5.85. The van der Waals surface area contributed by atoms with Crippen molar-refractivity contribution in [2.45, 2.75) is 45.4 Å². The van der Waals surface area contributed by atoms with E-state index in [9.17, 15) is 9.90 Å². The van der Waals surface area contributed by atoms with Crippen LogP contribution in [0.15, 0.2) is 28.7 Å². The molecule has 1 amide bonds. The molecule has 2 rings (SSSR count). The van der Waals surface area contributed by atoms with Crippen LogP contribution in [0.4, 0.5) is 0 Å². The molecule has 0 aromatic heterocycles. The minimum Gasteiger partial charge on any atom is -0.481 e. The summed E-state index contributed by atoms with van der Waals surface area (Å²) < 4.78 is 6.57. The van der Waals surface area contributed by atoms with Crippen LogP contribution in [-0.2, 0) is 4.79 Å². The van der Waals surface area contributed by atoms with E-state index in [1.165, 1.54) is 0 Å². The fourth-order valence-corrected chi connectivity index (χ4v) is 2.47. The molecular weight excluding hydrogens is 322 g/mol. The monoisotopic (exact) mass is 341 g/mol. The molecule has 0 bridgehead atoms. The van der Waals surface area contributed by atoms with E-state index in [1.807, 2.05) is 38.1 Å². The van der Waals surface area contributed by atoms with Gasteiger partial charge in [0, 0.05) is 15.9 Å². The van der Waals surface area contributed by atoms with Crippen LogP contribution in [0.25, 0.3) is 0 Å². The molecule has 0 heterocycles. The van der Waals surface area contributed by atoms with E-state index in [4.69, 9.17) is 4.74 Å². The van der Waals surface area contributed by atoms with E-state index in [0.29, 0.717) is 12.2 Å². The Bertz CT molecular complexity index is 486. The number of rotatable bonds is 4. The molecule has 0 saturated heterocycles. The highest BCUT2D eigenvalue weighted by atomic mass is 79.9. The average Bonchev–Trinajstić information content (AvgIpc) is 2.40. The molecule has 0 radical (unpaired) electrons. The lowest BCUT2D eigenvalue weighted by Crippen LogP contribution is -2.62. The molecule has 1 aromatic rings. The largest absolute Gasteiger partial charge is 0.481 e. The maximum absolute atomic E-state index is 12.1. The van der Waals surface area contributed by atoms with Gasteiger partial charge in [-0.2, -0.15) is 0 Å². The molecule has 1 fully saturated rings. The topological polar surface area (TPSA) is 58.6 Å². The number of hydrogen-bond acceptors (Lipinski definition) is 3. The van der Waals surface area contributed by atoms with Gasteiger partial charge in [0.15, 0.2) is 6.10 Å². The summed E-state index contributed by atoms with van der Waals surface area (Å²) in [7, 11) is 0. The lowest BCUT2D eigenvalue weighted by atomic mass is 9.64. The molecular formula is C15H20BrNO3. The summed E-state index contributed by atoms with van der Waals surface area (Å²) in [5.41, 5.74) is -0.271. The van der Waals surface area contributed by atoms with Crippen molar-refractivity contribution < 1.29 is 14.6 Å². The predicted octanol–water partition coefficient (Wildman–Crippen LogP) is 2.49. The van der Waals surface area contributed by atoms with E-state index in [1.54, 1.807) is 6.92 Å². The third-order valence-corrected chi connectivity index (χ3v) is 4.56. The first-order chi connectivity index (χ1) is 9.30. The van der Waals surface area contributed by atoms with Gasteiger partial charge < -0.3 is 15.2 Å². The third kappa shape index (κ3) is 3.15. The number of aliphatic hydroxyl groups excluding tert-OH is 1. The van der Waals surface area contributed by atoms with Gasteiger partial charge in [-0.05, 0) is 37.6 Å². The SMILES string of the molecule is CC(Oc1ccc(Br)cc1)C(=O)NC1CC(O)C1(C)C. The molecule has 1 aliphatic carbocycles. The smallest absolute Gasteiger partial charge is 0.261 e. The van der Waals surface area contributed by atoms with Crippen molar-refractivity contribution in [2.75, 3.05) is 0 Å². The fourth-order valence-electron chi connectivity index (χ4n) is 2.21. The minimum atomic E-state index is -0.565. The number of aliphatic hydroxyl groups is 1. The first kappa shape index (κ1) is 15.3. The molecule has 3 atom stereocenters. The Kier molecular flexibility index (Phi) is 4.39. The molecule has 0 aliphatic heterocycles. The van der Waals surface area contributed by atoms with Crippen LogP contribution in [0.1, 0.15) is 27.2 Å². The standard InChI is InChI=1S/C15H20BrNO3/c1-9(20-11-6-4-10(16)5-7-11)14(19)17-12-8-13(18)15(12,2)3/h4-7,9,12-13,18H,8H2,1-3H3,(H,17,19). The molecule has 0 spiro atoms. The molecule has 20 heavy (non-hydrogen) atoms. The maximum Gasteiger partial charge on any atom is 0.261 e. The summed E-state index contributed by atoms with van der Waals surface area (Å²) in [5, 5.41) is 12.6. The second-order valence-corrected chi connectivity index (χ2v) is 6.76. The lowest BCUT2D eigenvalue weighted by molar-refractivity contribution is -0.135. The number of amides is 1. The molecule has 5 heteroatoms. The Balaban J connectivity index is 1.88. The molecule has 2 N–H and O–H groups in total. The number of carbonyl (C=O) groups excluding carboxylic acids is 1. The van der Waals surface area contributed by atoms with Gasteiger partial charge in [0.2, 0.25) is 0 Å². The number of carbonyl (C=O) groups is 1. The molecule has 110 valence electrons.